The third kappa shape index (κ3) is 3.48. The van der Waals surface area contributed by atoms with Gasteiger partial charge < -0.3 is 4.98 Å². The molecule has 1 aliphatic rings. The fourth-order valence-electron chi connectivity index (χ4n) is 3.09. The number of nitrogens with zero attached hydrogens (tertiary/aromatic N) is 3. The average Bonchev–Trinajstić information content (AvgIpc) is 2.63. The highest BCUT2D eigenvalue weighted by molar-refractivity contribution is 6.31. The van der Waals surface area contributed by atoms with Gasteiger partial charge in [0.25, 0.3) is 5.56 Å². The van der Waals surface area contributed by atoms with E-state index in [-0.39, 0.29) is 5.56 Å². The molecule has 0 unspecified atom stereocenters. The number of benzene rings is 1. The first-order chi connectivity index (χ1) is 12.2. The van der Waals surface area contributed by atoms with Crippen molar-refractivity contribution >= 4 is 28.1 Å². The Morgan fingerprint density at radius 2 is 2.16 bits per heavy atom. The lowest BCUT2D eigenvalue weighted by Crippen LogP contribution is -2.30. The maximum Gasteiger partial charge on any atom is 0.258 e. The summed E-state index contributed by atoms with van der Waals surface area (Å²) in [5, 5.41) is 1.14. The minimum atomic E-state index is -0.126. The lowest BCUT2D eigenvalue weighted by atomic mass is 10.0. The molecule has 5 nitrogen and oxygen atoms in total. The molecule has 3 aromatic rings. The van der Waals surface area contributed by atoms with Crippen LogP contribution in [0.3, 0.4) is 0 Å². The SMILES string of the molecule is O=c1[nH]c(CN2CC=C(c3ccccn3)CC2)nc2cc(Cl)ccc12. The van der Waals surface area contributed by atoms with Crippen molar-refractivity contribution in [1.82, 2.24) is 19.9 Å². The van der Waals surface area contributed by atoms with Crippen LogP contribution in [-0.4, -0.2) is 32.9 Å². The van der Waals surface area contributed by atoms with Gasteiger partial charge in [0.2, 0.25) is 0 Å². The van der Waals surface area contributed by atoms with Gasteiger partial charge in [0.15, 0.2) is 0 Å². The summed E-state index contributed by atoms with van der Waals surface area (Å²) in [6.07, 6.45) is 4.94. The van der Waals surface area contributed by atoms with E-state index in [1.54, 1.807) is 18.2 Å². The molecule has 4 rings (SSSR count). The predicted octanol–water partition coefficient (Wildman–Crippen LogP) is 3.26. The van der Waals surface area contributed by atoms with Gasteiger partial charge >= 0.3 is 0 Å². The highest BCUT2D eigenvalue weighted by Gasteiger charge is 2.15. The topological polar surface area (TPSA) is 61.9 Å². The van der Waals surface area contributed by atoms with E-state index >= 15 is 0 Å². The number of pyridine rings is 1. The third-order valence-corrected chi connectivity index (χ3v) is 4.61. The number of aromatic amines is 1. The van der Waals surface area contributed by atoms with Crippen molar-refractivity contribution in [2.75, 3.05) is 13.1 Å². The van der Waals surface area contributed by atoms with Crippen LogP contribution in [0.15, 0.2) is 53.5 Å². The van der Waals surface area contributed by atoms with Crippen LogP contribution in [0.25, 0.3) is 16.5 Å². The Bertz CT molecular complexity index is 997. The maximum absolute atomic E-state index is 12.2. The molecule has 6 heteroatoms. The summed E-state index contributed by atoms with van der Waals surface area (Å²) in [6.45, 7) is 2.31. The van der Waals surface area contributed by atoms with Crippen molar-refractivity contribution in [3.63, 3.8) is 0 Å². The number of fused-ring (bicyclic) bond motifs is 1. The van der Waals surface area contributed by atoms with Crippen LogP contribution < -0.4 is 5.56 Å². The van der Waals surface area contributed by atoms with Crippen molar-refractivity contribution in [2.24, 2.45) is 0 Å². The van der Waals surface area contributed by atoms with E-state index < -0.39 is 0 Å². The summed E-state index contributed by atoms with van der Waals surface area (Å²) >= 11 is 6.01. The Morgan fingerprint density at radius 1 is 1.24 bits per heavy atom. The average molecular weight is 353 g/mol. The number of rotatable bonds is 3. The summed E-state index contributed by atoms with van der Waals surface area (Å²) in [5.41, 5.74) is 2.81. The minimum Gasteiger partial charge on any atom is -0.309 e. The molecular formula is C19H17ClN4O. The van der Waals surface area contributed by atoms with Crippen LogP contribution in [0.1, 0.15) is 17.9 Å². The molecule has 25 heavy (non-hydrogen) atoms. The molecule has 0 amide bonds. The van der Waals surface area contributed by atoms with Gasteiger partial charge in [-0.15, -0.1) is 0 Å². The second-order valence-electron chi connectivity index (χ2n) is 6.10. The number of halogens is 1. The van der Waals surface area contributed by atoms with Gasteiger partial charge in [-0.25, -0.2) is 4.98 Å². The van der Waals surface area contributed by atoms with Crippen LogP contribution in [0.5, 0.6) is 0 Å². The lowest BCUT2D eigenvalue weighted by Gasteiger charge is -2.25. The van der Waals surface area contributed by atoms with Gasteiger partial charge in [0.05, 0.1) is 23.1 Å². The molecule has 2 aromatic heterocycles. The first-order valence-corrected chi connectivity index (χ1v) is 8.58. The summed E-state index contributed by atoms with van der Waals surface area (Å²) in [5.74, 6) is 0.662. The molecule has 0 radical (unpaired) electrons. The van der Waals surface area contributed by atoms with Crippen LogP contribution in [0.4, 0.5) is 0 Å². The Kier molecular flexibility index (Phi) is 4.34. The standard InChI is InChI=1S/C19H17ClN4O/c20-14-4-5-15-17(11-14)22-18(23-19(15)25)12-24-9-6-13(7-10-24)16-3-1-2-8-21-16/h1-6,8,11H,7,9-10,12H2,(H,22,23,25). The number of hydrogen-bond acceptors (Lipinski definition) is 4. The smallest absolute Gasteiger partial charge is 0.258 e. The zero-order chi connectivity index (χ0) is 17.2. The highest BCUT2D eigenvalue weighted by Crippen LogP contribution is 2.21. The van der Waals surface area contributed by atoms with Crippen molar-refractivity contribution in [1.29, 1.82) is 0 Å². The van der Waals surface area contributed by atoms with Crippen molar-refractivity contribution < 1.29 is 0 Å². The van der Waals surface area contributed by atoms with Crippen molar-refractivity contribution in [3.05, 3.63) is 75.6 Å². The van der Waals surface area contributed by atoms with Gasteiger partial charge in [-0.1, -0.05) is 23.7 Å². The number of nitrogens with one attached hydrogen (secondary N) is 1. The first-order valence-electron chi connectivity index (χ1n) is 8.20. The van der Waals surface area contributed by atoms with Crippen molar-refractivity contribution in [2.45, 2.75) is 13.0 Å². The second-order valence-corrected chi connectivity index (χ2v) is 6.54. The first kappa shape index (κ1) is 16.0. The molecule has 0 saturated carbocycles. The summed E-state index contributed by atoms with van der Waals surface area (Å²) in [7, 11) is 0. The van der Waals surface area contributed by atoms with E-state index in [1.807, 2.05) is 24.4 Å². The van der Waals surface area contributed by atoms with Crippen LogP contribution in [-0.2, 0) is 6.54 Å². The molecule has 3 heterocycles. The third-order valence-electron chi connectivity index (χ3n) is 4.38. The van der Waals surface area contributed by atoms with Crippen LogP contribution in [0, 0.1) is 0 Å². The van der Waals surface area contributed by atoms with E-state index in [1.165, 1.54) is 5.57 Å². The number of H-pyrrole nitrogens is 1. The van der Waals surface area contributed by atoms with E-state index in [0.717, 1.165) is 25.2 Å². The Hall–Kier alpha value is -2.50. The molecule has 1 N–H and O–H groups in total. The van der Waals surface area contributed by atoms with Gasteiger partial charge in [-0.05, 0) is 42.3 Å². The van der Waals surface area contributed by atoms with Gasteiger partial charge in [-0.2, -0.15) is 0 Å². The molecule has 0 atom stereocenters. The largest absolute Gasteiger partial charge is 0.309 e. The number of hydrogen-bond donors (Lipinski definition) is 1. The summed E-state index contributed by atoms with van der Waals surface area (Å²) in [4.78, 5) is 26.3. The zero-order valence-corrected chi connectivity index (χ0v) is 14.3. The molecule has 0 fully saturated rings. The van der Waals surface area contributed by atoms with E-state index in [9.17, 15) is 4.79 Å². The van der Waals surface area contributed by atoms with Gasteiger partial charge in [0, 0.05) is 24.3 Å². The lowest BCUT2D eigenvalue weighted by molar-refractivity contribution is 0.286. The Balaban J connectivity index is 1.53. The second kappa shape index (κ2) is 6.78. The molecule has 0 aliphatic carbocycles. The van der Waals surface area contributed by atoms with Gasteiger partial charge in [0.1, 0.15) is 5.82 Å². The van der Waals surface area contributed by atoms with Crippen molar-refractivity contribution in [3.8, 4) is 0 Å². The quantitative estimate of drug-likeness (QED) is 0.786. The molecule has 1 aromatic carbocycles. The Labute approximate surface area is 150 Å². The van der Waals surface area contributed by atoms with E-state index in [4.69, 9.17) is 11.6 Å². The maximum atomic E-state index is 12.2. The van der Waals surface area contributed by atoms with E-state index in [0.29, 0.717) is 28.3 Å². The van der Waals surface area contributed by atoms with Crippen LogP contribution in [0.2, 0.25) is 5.02 Å². The highest BCUT2D eigenvalue weighted by atomic mass is 35.5. The molecule has 126 valence electrons. The van der Waals surface area contributed by atoms with Crippen LogP contribution >= 0.6 is 11.6 Å². The fourth-order valence-corrected chi connectivity index (χ4v) is 3.25. The minimum absolute atomic E-state index is 0.126. The molecular weight excluding hydrogens is 336 g/mol. The fraction of sp³-hybridized carbons (Fsp3) is 0.211. The van der Waals surface area contributed by atoms with Gasteiger partial charge in [-0.3, -0.25) is 14.7 Å². The molecule has 0 spiro atoms. The molecule has 0 saturated heterocycles. The summed E-state index contributed by atoms with van der Waals surface area (Å²) < 4.78 is 0. The monoisotopic (exact) mass is 352 g/mol. The predicted molar refractivity (Wildman–Crippen MR) is 99.5 cm³/mol. The normalized spacial score (nSPS) is 15.3. The summed E-state index contributed by atoms with van der Waals surface area (Å²) in [6, 6.07) is 11.1. The number of aromatic nitrogens is 3. The molecule has 1 aliphatic heterocycles. The van der Waals surface area contributed by atoms with E-state index in [2.05, 4.69) is 25.9 Å². The zero-order valence-electron chi connectivity index (χ0n) is 13.6. The molecule has 0 bridgehead atoms. The Morgan fingerprint density at radius 3 is 2.92 bits per heavy atom.